The standard InChI is InChI=1S/C16H23N3O5/c1-3-19(4-2)10-5-7-13(11(9-10)15(21)22)18-14(20)8-6-12(17)16(23)24/h5,7,9,12H,3-4,6,8,17H2,1-2H3,(H,18,20)(H,21,22)(H,23,24)/t12-/m0/s1. The maximum atomic E-state index is 11.9. The molecule has 0 aliphatic carbocycles. The molecule has 0 saturated heterocycles. The molecule has 0 unspecified atom stereocenters. The van der Waals surface area contributed by atoms with Crippen LogP contribution < -0.4 is 16.0 Å². The van der Waals surface area contributed by atoms with Crippen molar-refractivity contribution < 1.29 is 24.6 Å². The van der Waals surface area contributed by atoms with Gasteiger partial charge in [-0.15, -0.1) is 0 Å². The molecule has 0 saturated carbocycles. The van der Waals surface area contributed by atoms with Crippen molar-refractivity contribution in [3.63, 3.8) is 0 Å². The molecule has 0 radical (unpaired) electrons. The van der Waals surface area contributed by atoms with Crippen LogP contribution in [0.1, 0.15) is 37.0 Å². The van der Waals surface area contributed by atoms with E-state index in [4.69, 9.17) is 10.8 Å². The number of carboxylic acids is 2. The number of hydrogen-bond acceptors (Lipinski definition) is 5. The summed E-state index contributed by atoms with van der Waals surface area (Å²) in [7, 11) is 0. The van der Waals surface area contributed by atoms with Crippen LogP contribution in [0.25, 0.3) is 0 Å². The molecule has 1 amide bonds. The summed E-state index contributed by atoms with van der Waals surface area (Å²) < 4.78 is 0. The van der Waals surface area contributed by atoms with Gasteiger partial charge in [-0.2, -0.15) is 0 Å². The average molecular weight is 337 g/mol. The van der Waals surface area contributed by atoms with E-state index in [2.05, 4.69) is 5.32 Å². The monoisotopic (exact) mass is 337 g/mol. The normalized spacial score (nSPS) is 11.6. The molecule has 8 heteroatoms. The Labute approximate surface area is 140 Å². The first kappa shape index (κ1) is 19.4. The van der Waals surface area contributed by atoms with Crippen LogP contribution in [0.2, 0.25) is 0 Å². The van der Waals surface area contributed by atoms with Crippen molar-refractivity contribution in [2.45, 2.75) is 32.7 Å². The minimum absolute atomic E-state index is 0.0183. The smallest absolute Gasteiger partial charge is 0.337 e. The molecule has 0 fully saturated rings. The predicted octanol–water partition coefficient (Wildman–Crippen LogP) is 1.36. The second-order valence-corrected chi connectivity index (χ2v) is 5.24. The second kappa shape index (κ2) is 8.88. The third-order valence-corrected chi connectivity index (χ3v) is 3.64. The van der Waals surface area contributed by atoms with Crippen LogP contribution in [-0.2, 0) is 9.59 Å². The van der Waals surface area contributed by atoms with Gasteiger partial charge in [0.05, 0.1) is 11.3 Å². The molecule has 0 aromatic heterocycles. The molecule has 1 rings (SSSR count). The van der Waals surface area contributed by atoms with Gasteiger partial charge in [0, 0.05) is 25.2 Å². The maximum absolute atomic E-state index is 11.9. The first-order valence-corrected chi connectivity index (χ1v) is 7.70. The molecule has 5 N–H and O–H groups in total. The fourth-order valence-corrected chi connectivity index (χ4v) is 2.23. The van der Waals surface area contributed by atoms with Crippen LogP contribution in [0.4, 0.5) is 11.4 Å². The Bertz CT molecular complexity index is 614. The van der Waals surface area contributed by atoms with Gasteiger partial charge in [0.2, 0.25) is 5.91 Å². The van der Waals surface area contributed by atoms with E-state index in [1.165, 1.54) is 12.1 Å². The zero-order chi connectivity index (χ0) is 18.3. The summed E-state index contributed by atoms with van der Waals surface area (Å²) in [6.45, 7) is 5.39. The number of hydrogen-bond donors (Lipinski definition) is 4. The van der Waals surface area contributed by atoms with E-state index in [1.54, 1.807) is 6.07 Å². The van der Waals surface area contributed by atoms with Gasteiger partial charge < -0.3 is 26.2 Å². The van der Waals surface area contributed by atoms with E-state index in [1.807, 2.05) is 18.7 Å². The molecule has 8 nitrogen and oxygen atoms in total. The zero-order valence-electron chi connectivity index (χ0n) is 13.8. The molecular formula is C16H23N3O5. The summed E-state index contributed by atoms with van der Waals surface area (Å²) in [5.74, 6) is -2.82. The van der Waals surface area contributed by atoms with Crippen molar-refractivity contribution in [3.8, 4) is 0 Å². The zero-order valence-corrected chi connectivity index (χ0v) is 13.8. The number of nitrogens with zero attached hydrogens (tertiary/aromatic N) is 1. The highest BCUT2D eigenvalue weighted by atomic mass is 16.4. The van der Waals surface area contributed by atoms with E-state index in [0.29, 0.717) is 0 Å². The van der Waals surface area contributed by atoms with Crippen LogP contribution in [0.5, 0.6) is 0 Å². The molecule has 0 spiro atoms. The number of anilines is 2. The highest BCUT2D eigenvalue weighted by Crippen LogP contribution is 2.24. The van der Waals surface area contributed by atoms with Crippen molar-refractivity contribution in [2.75, 3.05) is 23.3 Å². The largest absolute Gasteiger partial charge is 0.480 e. The number of amides is 1. The molecule has 1 aromatic carbocycles. The number of carboxylic acid groups (broad SMARTS) is 2. The van der Waals surface area contributed by atoms with E-state index in [-0.39, 0.29) is 24.1 Å². The molecule has 0 aliphatic heterocycles. The first-order chi connectivity index (χ1) is 11.3. The van der Waals surface area contributed by atoms with Gasteiger partial charge in [0.15, 0.2) is 0 Å². The van der Waals surface area contributed by atoms with Crippen LogP contribution in [0.3, 0.4) is 0 Å². The summed E-state index contributed by atoms with van der Waals surface area (Å²) in [6.07, 6.45) is -0.134. The molecule has 132 valence electrons. The van der Waals surface area contributed by atoms with Crippen molar-refractivity contribution in [1.29, 1.82) is 0 Å². The van der Waals surface area contributed by atoms with E-state index >= 15 is 0 Å². The third-order valence-electron chi connectivity index (χ3n) is 3.64. The lowest BCUT2D eigenvalue weighted by Crippen LogP contribution is -2.31. The Morgan fingerprint density at radius 2 is 1.83 bits per heavy atom. The number of nitrogens with two attached hydrogens (primary N) is 1. The highest BCUT2D eigenvalue weighted by molar-refractivity contribution is 6.01. The molecule has 1 aromatic rings. The number of carbonyl (C=O) groups excluding carboxylic acids is 1. The van der Waals surface area contributed by atoms with E-state index in [0.717, 1.165) is 18.8 Å². The fourth-order valence-electron chi connectivity index (χ4n) is 2.23. The average Bonchev–Trinajstić information content (AvgIpc) is 2.54. The van der Waals surface area contributed by atoms with Gasteiger partial charge in [-0.05, 0) is 38.5 Å². The van der Waals surface area contributed by atoms with E-state index in [9.17, 15) is 19.5 Å². The Morgan fingerprint density at radius 1 is 1.21 bits per heavy atom. The number of carbonyl (C=O) groups is 3. The first-order valence-electron chi connectivity index (χ1n) is 7.70. The summed E-state index contributed by atoms with van der Waals surface area (Å²) in [6, 6.07) is 3.65. The molecule has 0 aliphatic rings. The molecule has 24 heavy (non-hydrogen) atoms. The molecule has 1 atom stereocenters. The van der Waals surface area contributed by atoms with Gasteiger partial charge in [0.1, 0.15) is 6.04 Å². The quantitative estimate of drug-likeness (QED) is 0.534. The lowest BCUT2D eigenvalue weighted by molar-refractivity contribution is -0.138. The number of aliphatic carboxylic acids is 1. The summed E-state index contributed by atoms with van der Waals surface area (Å²) in [5, 5.41) is 20.5. The lowest BCUT2D eigenvalue weighted by Gasteiger charge is -2.22. The lowest BCUT2D eigenvalue weighted by atomic mass is 10.1. The number of aromatic carboxylic acids is 1. The molecular weight excluding hydrogens is 314 g/mol. The summed E-state index contributed by atoms with van der Waals surface area (Å²) in [4.78, 5) is 35.9. The summed E-state index contributed by atoms with van der Waals surface area (Å²) in [5.41, 5.74) is 6.25. The van der Waals surface area contributed by atoms with E-state index < -0.39 is 23.9 Å². The fraction of sp³-hybridized carbons (Fsp3) is 0.438. The highest BCUT2D eigenvalue weighted by Gasteiger charge is 2.17. The van der Waals surface area contributed by atoms with Gasteiger partial charge in [-0.3, -0.25) is 9.59 Å². The topological polar surface area (TPSA) is 133 Å². The van der Waals surface area contributed by atoms with Crippen molar-refractivity contribution in [1.82, 2.24) is 0 Å². The van der Waals surface area contributed by atoms with Crippen LogP contribution in [0, 0.1) is 0 Å². The Hall–Kier alpha value is -2.61. The molecule has 0 heterocycles. The van der Waals surface area contributed by atoms with Crippen molar-refractivity contribution in [2.24, 2.45) is 5.73 Å². The van der Waals surface area contributed by atoms with Gasteiger partial charge in [-0.25, -0.2) is 4.79 Å². The molecule has 0 bridgehead atoms. The summed E-state index contributed by atoms with van der Waals surface area (Å²) >= 11 is 0. The Kier molecular flexibility index (Phi) is 7.19. The van der Waals surface area contributed by atoms with Crippen LogP contribution in [0.15, 0.2) is 18.2 Å². The third kappa shape index (κ3) is 5.24. The van der Waals surface area contributed by atoms with Crippen molar-refractivity contribution >= 4 is 29.2 Å². The van der Waals surface area contributed by atoms with Crippen molar-refractivity contribution in [3.05, 3.63) is 23.8 Å². The Balaban J connectivity index is 2.89. The SMILES string of the molecule is CCN(CC)c1ccc(NC(=O)CC[C@H](N)C(=O)O)c(C(=O)O)c1. The maximum Gasteiger partial charge on any atom is 0.337 e. The van der Waals surface area contributed by atoms with Gasteiger partial charge in [-0.1, -0.05) is 0 Å². The van der Waals surface area contributed by atoms with Gasteiger partial charge >= 0.3 is 11.9 Å². The predicted molar refractivity (Wildman–Crippen MR) is 90.4 cm³/mol. The number of rotatable bonds is 9. The van der Waals surface area contributed by atoms with Crippen LogP contribution >= 0.6 is 0 Å². The minimum atomic E-state index is -1.18. The number of benzene rings is 1. The minimum Gasteiger partial charge on any atom is -0.480 e. The second-order valence-electron chi connectivity index (χ2n) is 5.24. The number of nitrogens with one attached hydrogen (secondary N) is 1. The van der Waals surface area contributed by atoms with Crippen LogP contribution in [-0.4, -0.2) is 47.2 Å². The van der Waals surface area contributed by atoms with Gasteiger partial charge in [0.25, 0.3) is 0 Å². The Morgan fingerprint density at radius 3 is 2.33 bits per heavy atom.